The highest BCUT2D eigenvalue weighted by Crippen LogP contribution is 2.18. The molecule has 0 bridgehead atoms. The number of nitrogens with one attached hydrogen (secondary N) is 2. The molecule has 0 heterocycles. The molecule has 6 nitrogen and oxygen atoms in total. The van der Waals surface area contributed by atoms with Gasteiger partial charge in [0.2, 0.25) is 10.0 Å². The standard InChI is InChI=1S/C18H21ClN2O4S/c1-13-3-8-17(14(2)11-13)25-12-18(22)20-9-10-21-26(23,24)16-6-4-15(19)5-7-16/h3-8,11,21H,9-10,12H2,1-2H3,(H,20,22). The van der Waals surface area contributed by atoms with Gasteiger partial charge in [0, 0.05) is 18.1 Å². The van der Waals surface area contributed by atoms with E-state index in [2.05, 4.69) is 10.0 Å². The first-order chi connectivity index (χ1) is 12.3. The minimum atomic E-state index is -3.63. The minimum absolute atomic E-state index is 0.0697. The fraction of sp³-hybridized carbons (Fsp3) is 0.278. The Bertz CT molecular complexity index is 867. The van der Waals surface area contributed by atoms with Crippen molar-refractivity contribution in [2.45, 2.75) is 18.7 Å². The molecule has 0 fully saturated rings. The van der Waals surface area contributed by atoms with E-state index in [1.165, 1.54) is 24.3 Å². The maximum absolute atomic E-state index is 12.1. The van der Waals surface area contributed by atoms with Crippen molar-refractivity contribution in [3.63, 3.8) is 0 Å². The molecule has 2 aromatic carbocycles. The van der Waals surface area contributed by atoms with Crippen LogP contribution in [0.1, 0.15) is 11.1 Å². The Kier molecular flexibility index (Phi) is 7.02. The molecule has 2 N–H and O–H groups in total. The maximum atomic E-state index is 12.1. The van der Waals surface area contributed by atoms with Gasteiger partial charge in [0.1, 0.15) is 5.75 Å². The van der Waals surface area contributed by atoms with Crippen molar-refractivity contribution in [1.82, 2.24) is 10.0 Å². The van der Waals surface area contributed by atoms with Crippen molar-refractivity contribution in [3.05, 3.63) is 58.6 Å². The topological polar surface area (TPSA) is 84.5 Å². The lowest BCUT2D eigenvalue weighted by molar-refractivity contribution is -0.123. The smallest absolute Gasteiger partial charge is 0.257 e. The largest absolute Gasteiger partial charge is 0.484 e. The fourth-order valence-electron chi connectivity index (χ4n) is 2.24. The molecule has 0 spiro atoms. The number of hydrogen-bond acceptors (Lipinski definition) is 4. The van der Waals surface area contributed by atoms with Crippen molar-refractivity contribution in [2.24, 2.45) is 0 Å². The van der Waals surface area contributed by atoms with Crippen LogP contribution in [0.15, 0.2) is 47.4 Å². The molecule has 0 aliphatic heterocycles. The van der Waals surface area contributed by atoms with E-state index in [1.54, 1.807) is 0 Å². The highest BCUT2D eigenvalue weighted by molar-refractivity contribution is 7.89. The zero-order valence-corrected chi connectivity index (χ0v) is 16.2. The number of benzene rings is 2. The lowest BCUT2D eigenvalue weighted by atomic mass is 10.1. The summed E-state index contributed by atoms with van der Waals surface area (Å²) in [6.07, 6.45) is 0. The predicted octanol–water partition coefficient (Wildman–Crippen LogP) is 2.43. The van der Waals surface area contributed by atoms with E-state index in [0.29, 0.717) is 10.8 Å². The number of carbonyl (C=O) groups excluding carboxylic acids is 1. The third-order valence-corrected chi connectivity index (χ3v) is 5.28. The van der Waals surface area contributed by atoms with Gasteiger partial charge in [-0.05, 0) is 49.7 Å². The van der Waals surface area contributed by atoms with Gasteiger partial charge in [-0.2, -0.15) is 0 Å². The van der Waals surface area contributed by atoms with E-state index < -0.39 is 10.0 Å². The summed E-state index contributed by atoms with van der Waals surface area (Å²) in [6, 6.07) is 11.5. The van der Waals surface area contributed by atoms with Crippen LogP contribution in [-0.2, 0) is 14.8 Å². The molecule has 0 atom stereocenters. The molecule has 0 aromatic heterocycles. The van der Waals surface area contributed by atoms with Crippen LogP contribution >= 0.6 is 11.6 Å². The summed E-state index contributed by atoms with van der Waals surface area (Å²) in [5, 5.41) is 3.06. The first kappa shape index (κ1) is 20.2. The van der Waals surface area contributed by atoms with E-state index >= 15 is 0 Å². The quantitative estimate of drug-likeness (QED) is 0.671. The van der Waals surface area contributed by atoms with Gasteiger partial charge in [0.05, 0.1) is 4.90 Å². The zero-order chi connectivity index (χ0) is 19.2. The second-order valence-corrected chi connectivity index (χ2v) is 7.96. The SMILES string of the molecule is Cc1ccc(OCC(=O)NCCNS(=O)(=O)c2ccc(Cl)cc2)c(C)c1. The number of amides is 1. The summed E-state index contributed by atoms with van der Waals surface area (Å²) >= 11 is 5.74. The zero-order valence-electron chi connectivity index (χ0n) is 14.6. The lowest BCUT2D eigenvalue weighted by Crippen LogP contribution is -2.36. The van der Waals surface area contributed by atoms with Crippen LogP contribution in [0.5, 0.6) is 5.75 Å². The van der Waals surface area contributed by atoms with Crippen molar-refractivity contribution >= 4 is 27.5 Å². The highest BCUT2D eigenvalue weighted by Gasteiger charge is 2.13. The number of rotatable bonds is 8. The van der Waals surface area contributed by atoms with Crippen LogP contribution in [0.3, 0.4) is 0 Å². The highest BCUT2D eigenvalue weighted by atomic mass is 35.5. The second-order valence-electron chi connectivity index (χ2n) is 5.76. The molecule has 0 saturated carbocycles. The summed E-state index contributed by atoms with van der Waals surface area (Å²) in [5.74, 6) is 0.324. The average Bonchev–Trinajstić information content (AvgIpc) is 2.58. The normalized spacial score (nSPS) is 11.2. The molecule has 140 valence electrons. The first-order valence-electron chi connectivity index (χ1n) is 8.00. The Morgan fingerprint density at radius 2 is 1.77 bits per heavy atom. The maximum Gasteiger partial charge on any atom is 0.257 e. The minimum Gasteiger partial charge on any atom is -0.484 e. The third kappa shape index (κ3) is 6.01. The Morgan fingerprint density at radius 1 is 1.08 bits per heavy atom. The number of halogens is 1. The van der Waals surface area contributed by atoms with Gasteiger partial charge in [0.25, 0.3) is 5.91 Å². The van der Waals surface area contributed by atoms with E-state index in [9.17, 15) is 13.2 Å². The van der Waals surface area contributed by atoms with Gasteiger partial charge in [-0.25, -0.2) is 13.1 Å². The molecule has 0 radical (unpaired) electrons. The van der Waals surface area contributed by atoms with Crippen molar-refractivity contribution < 1.29 is 17.9 Å². The number of ether oxygens (including phenoxy) is 1. The Balaban J connectivity index is 1.73. The summed E-state index contributed by atoms with van der Waals surface area (Å²) in [5.41, 5.74) is 2.07. The molecular formula is C18H21ClN2O4S. The van der Waals surface area contributed by atoms with Gasteiger partial charge >= 0.3 is 0 Å². The van der Waals surface area contributed by atoms with Crippen LogP contribution in [0.4, 0.5) is 0 Å². The molecule has 8 heteroatoms. The number of aryl methyl sites for hydroxylation is 2. The molecule has 2 aromatic rings. The third-order valence-electron chi connectivity index (χ3n) is 3.55. The summed E-state index contributed by atoms with van der Waals surface area (Å²) in [6.45, 7) is 3.98. The summed E-state index contributed by atoms with van der Waals surface area (Å²) in [4.78, 5) is 11.9. The summed E-state index contributed by atoms with van der Waals surface area (Å²) in [7, 11) is -3.63. The van der Waals surface area contributed by atoms with Gasteiger partial charge in [-0.1, -0.05) is 29.3 Å². The Morgan fingerprint density at radius 3 is 2.42 bits per heavy atom. The summed E-state index contributed by atoms with van der Waals surface area (Å²) < 4.78 is 32.0. The van der Waals surface area contributed by atoms with E-state index in [-0.39, 0.29) is 30.5 Å². The van der Waals surface area contributed by atoms with Crippen molar-refractivity contribution in [2.75, 3.05) is 19.7 Å². The Labute approximate surface area is 158 Å². The predicted molar refractivity (Wildman–Crippen MR) is 101 cm³/mol. The van der Waals surface area contributed by atoms with Crippen LogP contribution < -0.4 is 14.8 Å². The van der Waals surface area contributed by atoms with Gasteiger partial charge in [-0.15, -0.1) is 0 Å². The van der Waals surface area contributed by atoms with E-state index in [1.807, 2.05) is 32.0 Å². The van der Waals surface area contributed by atoms with E-state index in [4.69, 9.17) is 16.3 Å². The van der Waals surface area contributed by atoms with Gasteiger partial charge < -0.3 is 10.1 Å². The van der Waals surface area contributed by atoms with Crippen LogP contribution in [0.25, 0.3) is 0 Å². The molecule has 0 unspecified atom stereocenters. The van der Waals surface area contributed by atoms with Crippen molar-refractivity contribution in [3.8, 4) is 5.75 Å². The van der Waals surface area contributed by atoms with Gasteiger partial charge in [-0.3, -0.25) is 4.79 Å². The van der Waals surface area contributed by atoms with Gasteiger partial charge in [0.15, 0.2) is 6.61 Å². The number of sulfonamides is 1. The molecule has 2 rings (SSSR count). The Hall–Kier alpha value is -2.09. The van der Waals surface area contributed by atoms with Crippen LogP contribution in [-0.4, -0.2) is 34.0 Å². The van der Waals surface area contributed by atoms with E-state index in [0.717, 1.165) is 11.1 Å². The number of carbonyl (C=O) groups is 1. The second kappa shape index (κ2) is 9.02. The van der Waals surface area contributed by atoms with Crippen LogP contribution in [0.2, 0.25) is 5.02 Å². The average molecular weight is 397 g/mol. The molecule has 0 aliphatic carbocycles. The first-order valence-corrected chi connectivity index (χ1v) is 9.86. The fourth-order valence-corrected chi connectivity index (χ4v) is 3.40. The molecule has 0 aliphatic rings. The molecule has 1 amide bonds. The van der Waals surface area contributed by atoms with Crippen molar-refractivity contribution in [1.29, 1.82) is 0 Å². The monoisotopic (exact) mass is 396 g/mol. The van der Waals surface area contributed by atoms with Crippen LogP contribution in [0, 0.1) is 13.8 Å². The molecular weight excluding hydrogens is 376 g/mol. The lowest BCUT2D eigenvalue weighted by Gasteiger charge is -2.11. The number of hydrogen-bond donors (Lipinski definition) is 2. The molecule has 0 saturated heterocycles. The molecule has 26 heavy (non-hydrogen) atoms.